The van der Waals surface area contributed by atoms with Gasteiger partial charge in [0.15, 0.2) is 0 Å². The number of carboxylic acids is 1. The highest BCUT2D eigenvalue weighted by molar-refractivity contribution is 5.95. The second-order valence-corrected chi connectivity index (χ2v) is 5.31. The van der Waals surface area contributed by atoms with Gasteiger partial charge in [0.1, 0.15) is 0 Å². The highest BCUT2D eigenvalue weighted by Gasteiger charge is 2.41. The fourth-order valence-electron chi connectivity index (χ4n) is 2.63. The highest BCUT2D eigenvalue weighted by Crippen LogP contribution is 2.37. The van der Waals surface area contributed by atoms with Gasteiger partial charge in [0.05, 0.1) is 23.7 Å². The fourth-order valence-corrected chi connectivity index (χ4v) is 2.63. The molecule has 1 fully saturated rings. The Balaban J connectivity index is 2.06. The van der Waals surface area contributed by atoms with Gasteiger partial charge in [0.2, 0.25) is 5.91 Å². The molecule has 102 valence electrons. The molecule has 0 aromatic carbocycles. The molecule has 1 amide bonds. The summed E-state index contributed by atoms with van der Waals surface area (Å²) >= 11 is 0. The zero-order valence-electron chi connectivity index (χ0n) is 11.1. The van der Waals surface area contributed by atoms with Gasteiger partial charge in [0.25, 0.3) is 0 Å². The van der Waals surface area contributed by atoms with Crippen LogP contribution in [0.3, 0.4) is 0 Å². The highest BCUT2D eigenvalue weighted by atomic mass is 16.4. The lowest BCUT2D eigenvalue weighted by atomic mass is 9.95. The summed E-state index contributed by atoms with van der Waals surface area (Å²) in [6.45, 7) is 3.85. The van der Waals surface area contributed by atoms with Crippen molar-refractivity contribution in [2.24, 2.45) is 17.8 Å². The van der Waals surface area contributed by atoms with Crippen LogP contribution in [0.2, 0.25) is 0 Å². The molecule has 5 heteroatoms. The predicted octanol–water partition coefficient (Wildman–Crippen LogP) is 2.08. The van der Waals surface area contributed by atoms with Gasteiger partial charge in [-0.15, -0.1) is 0 Å². The minimum Gasteiger partial charge on any atom is -0.481 e. The summed E-state index contributed by atoms with van der Waals surface area (Å²) in [6.07, 6.45) is 2.78. The summed E-state index contributed by atoms with van der Waals surface area (Å²) in [5.74, 6) is -1.86. The van der Waals surface area contributed by atoms with E-state index in [1.165, 1.54) is 0 Å². The number of pyridine rings is 1. The molecule has 0 spiro atoms. The van der Waals surface area contributed by atoms with Crippen molar-refractivity contribution in [3.8, 4) is 0 Å². The number of carbonyl (C=O) groups excluding carboxylic acids is 1. The number of nitrogens with one attached hydrogen (secondary N) is 1. The topological polar surface area (TPSA) is 79.3 Å². The molecule has 1 aromatic rings. The Kier molecular flexibility index (Phi) is 3.83. The van der Waals surface area contributed by atoms with Gasteiger partial charge in [0, 0.05) is 5.69 Å². The Labute approximate surface area is 112 Å². The molecule has 1 aliphatic carbocycles. The normalized spacial score (nSPS) is 26.1. The van der Waals surface area contributed by atoms with Crippen LogP contribution in [0.1, 0.15) is 25.5 Å². The van der Waals surface area contributed by atoms with Crippen LogP contribution >= 0.6 is 0 Å². The molecule has 1 saturated carbocycles. The van der Waals surface area contributed by atoms with E-state index >= 15 is 0 Å². The van der Waals surface area contributed by atoms with Gasteiger partial charge >= 0.3 is 5.97 Å². The van der Waals surface area contributed by atoms with E-state index < -0.39 is 17.8 Å². The van der Waals surface area contributed by atoms with E-state index in [-0.39, 0.29) is 11.8 Å². The van der Waals surface area contributed by atoms with Gasteiger partial charge in [-0.25, -0.2) is 0 Å². The first-order valence-corrected chi connectivity index (χ1v) is 6.43. The number of rotatable bonds is 3. The van der Waals surface area contributed by atoms with Crippen molar-refractivity contribution in [2.45, 2.75) is 26.7 Å². The van der Waals surface area contributed by atoms with Crippen LogP contribution < -0.4 is 5.32 Å². The van der Waals surface area contributed by atoms with E-state index in [1.54, 1.807) is 12.3 Å². The number of anilines is 1. The van der Waals surface area contributed by atoms with Crippen molar-refractivity contribution in [3.05, 3.63) is 24.0 Å². The number of carboxylic acid groups (broad SMARTS) is 1. The first kappa shape index (κ1) is 13.5. The number of hydrogen-bond donors (Lipinski definition) is 2. The Hall–Kier alpha value is -1.91. The smallest absolute Gasteiger partial charge is 0.307 e. The molecule has 5 nitrogen and oxygen atoms in total. The molecule has 1 aromatic heterocycles. The minimum atomic E-state index is -0.883. The van der Waals surface area contributed by atoms with Crippen molar-refractivity contribution in [1.82, 2.24) is 4.98 Å². The van der Waals surface area contributed by atoms with E-state index in [9.17, 15) is 9.59 Å². The van der Waals surface area contributed by atoms with E-state index in [1.807, 2.05) is 19.9 Å². The molecule has 2 N–H and O–H groups in total. The second-order valence-electron chi connectivity index (χ2n) is 5.31. The largest absolute Gasteiger partial charge is 0.481 e. The molecule has 1 heterocycles. The van der Waals surface area contributed by atoms with Crippen molar-refractivity contribution in [1.29, 1.82) is 0 Å². The molecule has 0 aliphatic heterocycles. The summed E-state index contributed by atoms with van der Waals surface area (Å²) in [4.78, 5) is 27.4. The van der Waals surface area contributed by atoms with Crippen molar-refractivity contribution in [3.63, 3.8) is 0 Å². The van der Waals surface area contributed by atoms with Crippen LogP contribution in [-0.4, -0.2) is 22.0 Å². The van der Waals surface area contributed by atoms with E-state index in [0.29, 0.717) is 18.5 Å². The van der Waals surface area contributed by atoms with E-state index in [2.05, 4.69) is 10.3 Å². The average molecular weight is 262 g/mol. The Bertz CT molecular complexity index is 484. The van der Waals surface area contributed by atoms with Crippen LogP contribution in [0, 0.1) is 24.7 Å². The maximum absolute atomic E-state index is 12.2. The first-order chi connectivity index (χ1) is 8.97. The quantitative estimate of drug-likeness (QED) is 0.874. The van der Waals surface area contributed by atoms with Crippen molar-refractivity contribution in [2.75, 3.05) is 5.32 Å². The molecule has 2 rings (SSSR count). The van der Waals surface area contributed by atoms with Crippen LogP contribution in [-0.2, 0) is 9.59 Å². The Morgan fingerprint density at radius 1 is 1.32 bits per heavy atom. The Morgan fingerprint density at radius 3 is 2.58 bits per heavy atom. The van der Waals surface area contributed by atoms with E-state index in [0.717, 1.165) is 5.69 Å². The molecule has 0 radical (unpaired) electrons. The van der Waals surface area contributed by atoms with Crippen molar-refractivity contribution < 1.29 is 14.7 Å². The van der Waals surface area contributed by atoms with Gasteiger partial charge in [-0.05, 0) is 37.8 Å². The first-order valence-electron chi connectivity index (χ1n) is 6.43. The summed E-state index contributed by atoms with van der Waals surface area (Å²) in [5.41, 5.74) is 1.48. The lowest BCUT2D eigenvalue weighted by Crippen LogP contribution is -2.30. The van der Waals surface area contributed by atoms with Gasteiger partial charge in [-0.1, -0.05) is 6.92 Å². The van der Waals surface area contributed by atoms with Gasteiger partial charge in [-0.2, -0.15) is 0 Å². The zero-order chi connectivity index (χ0) is 14.0. The molecule has 0 saturated heterocycles. The van der Waals surface area contributed by atoms with Gasteiger partial charge in [-0.3, -0.25) is 14.6 Å². The van der Waals surface area contributed by atoms with Crippen LogP contribution in [0.5, 0.6) is 0 Å². The zero-order valence-corrected chi connectivity index (χ0v) is 11.1. The molecule has 19 heavy (non-hydrogen) atoms. The molecule has 0 bridgehead atoms. The number of amides is 1. The predicted molar refractivity (Wildman–Crippen MR) is 70.6 cm³/mol. The van der Waals surface area contributed by atoms with Crippen molar-refractivity contribution >= 4 is 17.6 Å². The molecule has 3 atom stereocenters. The third-order valence-electron chi connectivity index (χ3n) is 3.63. The fraction of sp³-hybridized carbons (Fsp3) is 0.500. The number of hydrogen-bond acceptors (Lipinski definition) is 3. The minimum absolute atomic E-state index is 0.220. The number of aryl methyl sites for hydroxylation is 1. The maximum Gasteiger partial charge on any atom is 0.307 e. The third kappa shape index (κ3) is 3.10. The van der Waals surface area contributed by atoms with Gasteiger partial charge < -0.3 is 10.4 Å². The second kappa shape index (κ2) is 5.38. The monoisotopic (exact) mass is 262 g/mol. The lowest BCUT2D eigenvalue weighted by molar-refractivity contribution is -0.145. The van der Waals surface area contributed by atoms with E-state index in [4.69, 9.17) is 5.11 Å². The lowest BCUT2D eigenvalue weighted by Gasteiger charge is -2.15. The summed E-state index contributed by atoms with van der Waals surface area (Å²) in [7, 11) is 0. The maximum atomic E-state index is 12.2. The third-order valence-corrected chi connectivity index (χ3v) is 3.63. The standard InChI is InChI=1S/C14H18N2O3/c1-8-5-11(12(6-8)14(18)19)13(17)16-10-4-3-9(2)15-7-10/h3-4,7-8,11-12H,5-6H2,1-2H3,(H,16,17)(H,18,19)/t8?,11-,12+/m0/s1. The van der Waals surface area contributed by atoms with Crippen LogP contribution in [0.25, 0.3) is 0 Å². The Morgan fingerprint density at radius 2 is 2.00 bits per heavy atom. The summed E-state index contributed by atoms with van der Waals surface area (Å²) < 4.78 is 0. The summed E-state index contributed by atoms with van der Waals surface area (Å²) in [5, 5.41) is 11.9. The number of aliphatic carboxylic acids is 1. The SMILES string of the molecule is Cc1ccc(NC(=O)[C@H]2CC(C)C[C@H]2C(=O)O)cn1. The number of aromatic nitrogens is 1. The summed E-state index contributed by atoms with van der Waals surface area (Å²) in [6, 6.07) is 3.58. The molecular weight excluding hydrogens is 244 g/mol. The van der Waals surface area contributed by atoms with Crippen LogP contribution in [0.4, 0.5) is 5.69 Å². The average Bonchev–Trinajstić information content (AvgIpc) is 2.74. The molecule has 1 aliphatic rings. The molecule has 1 unspecified atom stereocenters. The van der Waals surface area contributed by atoms with Crippen LogP contribution in [0.15, 0.2) is 18.3 Å². The molecular formula is C14H18N2O3. The number of carbonyl (C=O) groups is 2. The number of nitrogens with zero attached hydrogens (tertiary/aromatic N) is 1.